The summed E-state index contributed by atoms with van der Waals surface area (Å²) < 4.78 is 43.1. The number of hydrogen-bond acceptors (Lipinski definition) is 5. The molecule has 0 spiro atoms. The molecule has 3 rings (SSSR count). The van der Waals surface area contributed by atoms with E-state index in [2.05, 4.69) is 10.9 Å². The first-order chi connectivity index (χ1) is 14.2. The summed E-state index contributed by atoms with van der Waals surface area (Å²) in [5.74, 6) is -1.60. The fraction of sp³-hybridized carbons (Fsp3) is 0.211. The summed E-state index contributed by atoms with van der Waals surface area (Å²) in [4.78, 5) is 38.2. The summed E-state index contributed by atoms with van der Waals surface area (Å²) in [5.41, 5.74) is 3.95. The second kappa shape index (κ2) is 9.08. The van der Waals surface area contributed by atoms with E-state index < -0.39 is 30.2 Å². The number of anilines is 1. The number of thioether (sulfide) groups is 1. The van der Waals surface area contributed by atoms with Gasteiger partial charge in [-0.25, -0.2) is 0 Å². The van der Waals surface area contributed by atoms with Gasteiger partial charge in [0.1, 0.15) is 12.3 Å². The molecule has 0 bridgehead atoms. The Bertz CT molecular complexity index is 968. The zero-order valence-corrected chi connectivity index (χ0v) is 16.2. The molecule has 0 aromatic heterocycles. The monoisotopic (exact) mass is 439 g/mol. The van der Waals surface area contributed by atoms with Crippen molar-refractivity contribution in [2.24, 2.45) is 0 Å². The number of carbonyl (C=O) groups excluding carboxylic acids is 3. The Morgan fingerprint density at radius 2 is 1.80 bits per heavy atom. The standard InChI is InChI=1S/C19H16F3N3O4S/c20-19(21,22)12-4-3-5-13(8-12)29-10-17(27)24-23-16(26)9-25-14-6-1-2-7-15(14)30-11-18(25)28/h1-8H,9-11H2,(H,23,26)(H,24,27). The number of halogens is 3. The second-order valence-electron chi connectivity index (χ2n) is 6.15. The van der Waals surface area contributed by atoms with Crippen molar-refractivity contribution in [1.29, 1.82) is 0 Å². The Balaban J connectivity index is 1.49. The van der Waals surface area contributed by atoms with Crippen LogP contribution in [0.15, 0.2) is 53.4 Å². The lowest BCUT2D eigenvalue weighted by atomic mass is 10.2. The van der Waals surface area contributed by atoms with E-state index in [0.29, 0.717) is 5.69 Å². The first-order valence-electron chi connectivity index (χ1n) is 8.64. The Morgan fingerprint density at radius 3 is 2.57 bits per heavy atom. The highest BCUT2D eigenvalue weighted by Gasteiger charge is 2.30. The fourth-order valence-electron chi connectivity index (χ4n) is 2.60. The van der Waals surface area contributed by atoms with Crippen molar-refractivity contribution in [3.8, 4) is 5.75 Å². The van der Waals surface area contributed by atoms with Crippen LogP contribution in [0.3, 0.4) is 0 Å². The summed E-state index contributed by atoms with van der Waals surface area (Å²) >= 11 is 1.37. The van der Waals surface area contributed by atoms with Crippen molar-refractivity contribution >= 4 is 35.2 Å². The molecule has 30 heavy (non-hydrogen) atoms. The lowest BCUT2D eigenvalue weighted by molar-refractivity contribution is -0.137. The first kappa shape index (κ1) is 21.5. The molecular weight excluding hydrogens is 423 g/mol. The number of fused-ring (bicyclic) bond motifs is 1. The zero-order chi connectivity index (χ0) is 21.7. The molecular formula is C19H16F3N3O4S. The second-order valence-corrected chi connectivity index (χ2v) is 7.16. The molecule has 158 valence electrons. The number of carbonyl (C=O) groups is 3. The third-order valence-corrected chi connectivity index (χ3v) is 5.03. The molecule has 0 fully saturated rings. The minimum Gasteiger partial charge on any atom is -0.484 e. The van der Waals surface area contributed by atoms with Gasteiger partial charge in [-0.1, -0.05) is 18.2 Å². The Kier molecular flexibility index (Phi) is 6.50. The Labute approximate surface area is 173 Å². The van der Waals surface area contributed by atoms with E-state index in [-0.39, 0.29) is 24.0 Å². The topological polar surface area (TPSA) is 87.7 Å². The first-order valence-corrected chi connectivity index (χ1v) is 9.62. The lowest BCUT2D eigenvalue weighted by Crippen LogP contribution is -2.49. The van der Waals surface area contributed by atoms with Crippen molar-refractivity contribution in [1.82, 2.24) is 10.9 Å². The molecule has 1 aliphatic rings. The highest BCUT2D eigenvalue weighted by Crippen LogP contribution is 2.34. The molecule has 7 nitrogen and oxygen atoms in total. The van der Waals surface area contributed by atoms with Crippen LogP contribution < -0.4 is 20.5 Å². The molecule has 1 aliphatic heterocycles. The van der Waals surface area contributed by atoms with Gasteiger partial charge in [0.2, 0.25) is 5.91 Å². The van der Waals surface area contributed by atoms with Crippen LogP contribution in [-0.4, -0.2) is 36.6 Å². The van der Waals surface area contributed by atoms with E-state index in [9.17, 15) is 27.6 Å². The molecule has 2 N–H and O–H groups in total. The summed E-state index contributed by atoms with van der Waals surface area (Å²) in [6.07, 6.45) is -4.53. The van der Waals surface area contributed by atoms with Gasteiger partial charge in [0.25, 0.3) is 11.8 Å². The zero-order valence-electron chi connectivity index (χ0n) is 15.4. The summed E-state index contributed by atoms with van der Waals surface area (Å²) in [5, 5.41) is 0. The Morgan fingerprint density at radius 1 is 1.07 bits per heavy atom. The summed E-state index contributed by atoms with van der Waals surface area (Å²) in [7, 11) is 0. The number of amides is 3. The number of benzene rings is 2. The predicted molar refractivity (Wildman–Crippen MR) is 103 cm³/mol. The van der Waals surface area contributed by atoms with E-state index in [1.165, 1.54) is 22.7 Å². The van der Waals surface area contributed by atoms with Gasteiger partial charge in [0.05, 0.1) is 17.0 Å². The van der Waals surface area contributed by atoms with Gasteiger partial charge in [-0.3, -0.25) is 25.2 Å². The normalized spacial score (nSPS) is 13.4. The average molecular weight is 439 g/mol. The molecule has 0 saturated heterocycles. The predicted octanol–water partition coefficient (Wildman–Crippen LogP) is 2.37. The van der Waals surface area contributed by atoms with Gasteiger partial charge >= 0.3 is 6.18 Å². The van der Waals surface area contributed by atoms with E-state index in [1.807, 2.05) is 12.1 Å². The van der Waals surface area contributed by atoms with Crippen molar-refractivity contribution in [2.45, 2.75) is 11.1 Å². The van der Waals surface area contributed by atoms with Gasteiger partial charge in [-0.2, -0.15) is 13.2 Å². The largest absolute Gasteiger partial charge is 0.484 e. The number of para-hydroxylation sites is 1. The van der Waals surface area contributed by atoms with Crippen molar-refractivity contribution < 1.29 is 32.3 Å². The van der Waals surface area contributed by atoms with Crippen LogP contribution in [0.1, 0.15) is 5.56 Å². The quantitative estimate of drug-likeness (QED) is 0.699. The van der Waals surface area contributed by atoms with Crippen LogP contribution in [-0.2, 0) is 20.6 Å². The highest BCUT2D eigenvalue weighted by molar-refractivity contribution is 8.00. The minimum absolute atomic E-state index is 0.140. The maximum absolute atomic E-state index is 12.7. The van der Waals surface area contributed by atoms with E-state index in [4.69, 9.17) is 4.74 Å². The lowest BCUT2D eigenvalue weighted by Gasteiger charge is -2.28. The van der Waals surface area contributed by atoms with Crippen molar-refractivity contribution in [2.75, 3.05) is 23.8 Å². The van der Waals surface area contributed by atoms with Crippen LogP contribution in [0.5, 0.6) is 5.75 Å². The van der Waals surface area contributed by atoms with Gasteiger partial charge in [-0.15, -0.1) is 11.8 Å². The number of nitrogens with one attached hydrogen (secondary N) is 2. The summed E-state index contributed by atoms with van der Waals surface area (Å²) in [6, 6.07) is 11.2. The maximum atomic E-state index is 12.7. The third kappa shape index (κ3) is 5.44. The molecule has 0 atom stereocenters. The van der Waals surface area contributed by atoms with Crippen LogP contribution in [0.2, 0.25) is 0 Å². The van der Waals surface area contributed by atoms with Crippen molar-refractivity contribution in [3.63, 3.8) is 0 Å². The van der Waals surface area contributed by atoms with E-state index in [0.717, 1.165) is 23.1 Å². The average Bonchev–Trinajstić information content (AvgIpc) is 2.72. The number of alkyl halides is 3. The van der Waals surface area contributed by atoms with Crippen LogP contribution in [0.4, 0.5) is 18.9 Å². The molecule has 3 amide bonds. The van der Waals surface area contributed by atoms with Crippen molar-refractivity contribution in [3.05, 3.63) is 54.1 Å². The molecule has 0 unspecified atom stereocenters. The van der Waals surface area contributed by atoms with E-state index >= 15 is 0 Å². The number of nitrogens with zero attached hydrogens (tertiary/aromatic N) is 1. The fourth-order valence-corrected chi connectivity index (χ4v) is 3.53. The molecule has 0 aliphatic carbocycles. The van der Waals surface area contributed by atoms with Gasteiger partial charge in [-0.05, 0) is 30.3 Å². The number of hydrogen-bond donors (Lipinski definition) is 2. The molecule has 0 saturated carbocycles. The smallest absolute Gasteiger partial charge is 0.416 e. The SMILES string of the molecule is O=C(COc1cccc(C(F)(F)F)c1)NNC(=O)CN1C(=O)CSc2ccccc21. The molecule has 2 aromatic rings. The summed E-state index contributed by atoms with van der Waals surface area (Å²) in [6.45, 7) is -0.908. The van der Waals surface area contributed by atoms with Crippen LogP contribution in [0.25, 0.3) is 0 Å². The Hall–Kier alpha value is -3.21. The molecule has 11 heteroatoms. The number of hydrazine groups is 1. The number of ether oxygens (including phenoxy) is 1. The highest BCUT2D eigenvalue weighted by atomic mass is 32.2. The minimum atomic E-state index is -4.53. The van der Waals surface area contributed by atoms with Crippen LogP contribution in [0, 0.1) is 0 Å². The maximum Gasteiger partial charge on any atom is 0.416 e. The molecule has 2 aromatic carbocycles. The number of rotatable bonds is 5. The third-order valence-electron chi connectivity index (χ3n) is 3.98. The van der Waals surface area contributed by atoms with Gasteiger partial charge < -0.3 is 9.64 Å². The molecule has 1 heterocycles. The van der Waals surface area contributed by atoms with Crippen LogP contribution >= 0.6 is 11.8 Å². The van der Waals surface area contributed by atoms with Gasteiger partial charge in [0.15, 0.2) is 6.61 Å². The van der Waals surface area contributed by atoms with Gasteiger partial charge in [0, 0.05) is 4.90 Å². The van der Waals surface area contributed by atoms with E-state index in [1.54, 1.807) is 12.1 Å². The molecule has 0 radical (unpaired) electrons.